The van der Waals surface area contributed by atoms with Crippen LogP contribution in [0.4, 0.5) is 20.6 Å². The molecule has 3 heterocycles. The lowest BCUT2D eigenvalue weighted by Crippen LogP contribution is -2.49. The second-order valence-corrected chi connectivity index (χ2v) is 9.02. The number of nitrogens with one attached hydrogen (secondary N) is 1. The molecule has 2 aliphatic heterocycles. The summed E-state index contributed by atoms with van der Waals surface area (Å²) in [5, 5.41) is 3.05. The number of hydrogen-bond donors (Lipinski definition) is 1. The number of cyclic esters (lactones) is 1. The van der Waals surface area contributed by atoms with Crippen LogP contribution in [0.2, 0.25) is 0 Å². The number of hydrogen-bond acceptors (Lipinski definition) is 8. The smallest absolute Gasteiger partial charge is 0.414 e. The summed E-state index contributed by atoms with van der Waals surface area (Å²) >= 11 is 4.93. The minimum atomic E-state index is -0.550. The number of thiocarbonyl (C=S) groups is 1. The third-order valence-electron chi connectivity index (χ3n) is 6.35. The third-order valence-corrected chi connectivity index (χ3v) is 6.66. The number of piperazine rings is 1. The topological polar surface area (TPSA) is 100 Å². The first kappa shape index (κ1) is 24.6. The number of ether oxygens (including phenoxy) is 2. The van der Waals surface area contributed by atoms with Crippen molar-refractivity contribution < 1.29 is 23.5 Å². The maximum atomic E-state index is 15.1. The Bertz CT molecular complexity index is 1350. The van der Waals surface area contributed by atoms with E-state index >= 15 is 4.39 Å². The predicted molar refractivity (Wildman–Crippen MR) is 139 cm³/mol. The molecule has 0 bridgehead atoms. The van der Waals surface area contributed by atoms with Crippen LogP contribution in [-0.2, 0) is 9.47 Å². The van der Waals surface area contributed by atoms with Gasteiger partial charge in [-0.15, -0.1) is 0 Å². The number of aromatic nitrogens is 2. The first-order valence-corrected chi connectivity index (χ1v) is 12.2. The summed E-state index contributed by atoms with van der Waals surface area (Å²) in [6.07, 6.45) is 0.498. The van der Waals surface area contributed by atoms with Crippen LogP contribution in [0.1, 0.15) is 10.5 Å². The van der Waals surface area contributed by atoms with E-state index in [1.54, 1.807) is 17.0 Å². The molecule has 2 saturated heterocycles. The van der Waals surface area contributed by atoms with E-state index < -0.39 is 18.0 Å². The zero-order chi connectivity index (χ0) is 25.9. The maximum Gasteiger partial charge on any atom is 0.414 e. The number of halogens is 1. The minimum Gasteiger partial charge on any atom is -0.474 e. The van der Waals surface area contributed by atoms with Crippen molar-refractivity contribution in [3.63, 3.8) is 0 Å². The fourth-order valence-electron chi connectivity index (χ4n) is 4.40. The van der Waals surface area contributed by atoms with Crippen LogP contribution in [0.3, 0.4) is 0 Å². The molecule has 0 radical (unpaired) electrons. The fraction of sp³-hybridized carbons (Fsp3) is 0.320. The average molecular weight is 525 g/mol. The summed E-state index contributed by atoms with van der Waals surface area (Å²) in [5.74, 6) is -0.649. The molecule has 1 aromatic heterocycles. The molecule has 3 aromatic rings. The SMILES string of the molecule is COC(=S)NC[C@H]1CN(c2ccc(N3CCN(C(=O)c4cnc5ccccc5n4)CC3)c(F)c2)C(=O)O1. The molecule has 0 aliphatic carbocycles. The van der Waals surface area contributed by atoms with Gasteiger partial charge in [-0.3, -0.25) is 14.7 Å². The van der Waals surface area contributed by atoms with Crippen LogP contribution in [0.15, 0.2) is 48.7 Å². The first-order valence-electron chi connectivity index (χ1n) is 11.8. The normalized spacial score (nSPS) is 17.6. The summed E-state index contributed by atoms with van der Waals surface area (Å²) in [4.78, 5) is 39.0. The molecule has 0 spiro atoms. The highest BCUT2D eigenvalue weighted by molar-refractivity contribution is 7.80. The Labute approximate surface area is 218 Å². The van der Waals surface area contributed by atoms with Crippen LogP contribution < -0.4 is 15.1 Å². The first-order chi connectivity index (χ1) is 17.9. The minimum absolute atomic E-state index is 0.198. The van der Waals surface area contributed by atoms with Crippen molar-refractivity contribution in [3.8, 4) is 0 Å². The number of amides is 2. The lowest BCUT2D eigenvalue weighted by atomic mass is 10.2. The second-order valence-electron chi connectivity index (χ2n) is 8.65. The molecule has 0 unspecified atom stereocenters. The van der Waals surface area contributed by atoms with Gasteiger partial charge < -0.3 is 24.6 Å². The molecule has 0 saturated carbocycles. The summed E-state index contributed by atoms with van der Waals surface area (Å²) in [6.45, 7) is 2.32. The predicted octanol–water partition coefficient (Wildman–Crippen LogP) is 2.58. The van der Waals surface area contributed by atoms with Crippen LogP contribution in [0.25, 0.3) is 11.0 Å². The highest BCUT2D eigenvalue weighted by atomic mass is 32.1. The number of para-hydroxylation sites is 2. The number of nitrogens with zero attached hydrogens (tertiary/aromatic N) is 5. The lowest BCUT2D eigenvalue weighted by Gasteiger charge is -2.36. The number of methoxy groups -OCH3 is 1. The largest absolute Gasteiger partial charge is 0.474 e. The zero-order valence-corrected chi connectivity index (χ0v) is 20.9. The van der Waals surface area contributed by atoms with Gasteiger partial charge in [-0.1, -0.05) is 12.1 Å². The van der Waals surface area contributed by atoms with Gasteiger partial charge in [0.25, 0.3) is 11.1 Å². The highest BCUT2D eigenvalue weighted by Crippen LogP contribution is 2.28. The number of rotatable bonds is 5. The van der Waals surface area contributed by atoms with Crippen molar-refractivity contribution in [2.75, 3.05) is 56.2 Å². The number of anilines is 2. The summed E-state index contributed by atoms with van der Waals surface area (Å²) < 4.78 is 25.3. The Morgan fingerprint density at radius 2 is 1.95 bits per heavy atom. The van der Waals surface area contributed by atoms with Crippen LogP contribution in [-0.4, -0.2) is 84.5 Å². The average Bonchev–Trinajstić information content (AvgIpc) is 3.31. The summed E-state index contributed by atoms with van der Waals surface area (Å²) in [5.41, 5.74) is 2.51. The quantitative estimate of drug-likeness (QED) is 0.505. The molecular formula is C25H25FN6O4S. The Morgan fingerprint density at radius 1 is 1.19 bits per heavy atom. The van der Waals surface area contributed by atoms with E-state index in [0.29, 0.717) is 49.6 Å². The molecule has 2 amide bonds. The number of fused-ring (bicyclic) bond motifs is 1. The second kappa shape index (κ2) is 10.5. The van der Waals surface area contributed by atoms with Gasteiger partial charge in [0.15, 0.2) is 0 Å². The standard InChI is InChI=1S/C25H25FN6O4S/c1-35-24(37)28-13-17-15-32(25(34)36-17)16-6-7-22(18(26)12-16)30-8-10-31(11-9-30)23(33)21-14-27-19-4-2-3-5-20(19)29-21/h2-7,12,14,17H,8-11,13,15H2,1H3,(H,28,37)/t17-/m0/s1. The van der Waals surface area contributed by atoms with E-state index in [0.717, 1.165) is 5.52 Å². The van der Waals surface area contributed by atoms with Gasteiger partial charge >= 0.3 is 6.09 Å². The summed E-state index contributed by atoms with van der Waals surface area (Å²) in [6, 6.07) is 12.1. The van der Waals surface area contributed by atoms with Gasteiger partial charge in [-0.25, -0.2) is 14.2 Å². The summed E-state index contributed by atoms with van der Waals surface area (Å²) in [7, 11) is 1.45. The molecule has 2 fully saturated rings. The lowest BCUT2D eigenvalue weighted by molar-refractivity contribution is 0.0740. The molecule has 12 heteroatoms. The number of carbonyl (C=O) groups is 2. The molecule has 1 N–H and O–H groups in total. The van der Waals surface area contributed by atoms with Gasteiger partial charge in [0, 0.05) is 26.2 Å². The molecule has 192 valence electrons. The number of carbonyl (C=O) groups excluding carboxylic acids is 2. The van der Waals surface area contributed by atoms with Crippen LogP contribution in [0.5, 0.6) is 0 Å². The Kier molecular flexibility index (Phi) is 6.99. The van der Waals surface area contributed by atoms with E-state index in [4.69, 9.17) is 21.7 Å². The van der Waals surface area contributed by atoms with E-state index in [1.807, 2.05) is 29.2 Å². The molecule has 10 nitrogen and oxygen atoms in total. The van der Waals surface area contributed by atoms with Crippen molar-refractivity contribution in [3.05, 3.63) is 60.2 Å². The van der Waals surface area contributed by atoms with E-state index in [1.165, 1.54) is 24.3 Å². The molecule has 2 aromatic carbocycles. The van der Waals surface area contributed by atoms with Gasteiger partial charge in [-0.05, 0) is 42.5 Å². The molecule has 37 heavy (non-hydrogen) atoms. The number of benzene rings is 2. The monoisotopic (exact) mass is 524 g/mol. The van der Waals surface area contributed by atoms with E-state index in [-0.39, 0.29) is 23.3 Å². The van der Waals surface area contributed by atoms with Crippen LogP contribution in [0, 0.1) is 5.82 Å². The molecular weight excluding hydrogens is 499 g/mol. The maximum absolute atomic E-state index is 15.1. The Balaban J connectivity index is 1.20. The zero-order valence-electron chi connectivity index (χ0n) is 20.1. The van der Waals surface area contributed by atoms with E-state index in [9.17, 15) is 9.59 Å². The van der Waals surface area contributed by atoms with E-state index in [2.05, 4.69) is 15.3 Å². The Morgan fingerprint density at radius 3 is 2.68 bits per heavy atom. The third kappa shape index (κ3) is 5.24. The Hall–Kier alpha value is -4.06. The molecule has 5 rings (SSSR count). The van der Waals surface area contributed by atoms with Crippen molar-refractivity contribution in [2.24, 2.45) is 0 Å². The van der Waals surface area contributed by atoms with Crippen LogP contribution >= 0.6 is 12.2 Å². The van der Waals surface area contributed by atoms with Gasteiger partial charge in [0.2, 0.25) is 0 Å². The van der Waals surface area contributed by atoms with Crippen molar-refractivity contribution >= 4 is 51.8 Å². The molecule has 1 atom stereocenters. The highest BCUT2D eigenvalue weighted by Gasteiger charge is 2.33. The van der Waals surface area contributed by atoms with Crippen molar-refractivity contribution in [1.82, 2.24) is 20.2 Å². The van der Waals surface area contributed by atoms with Crippen molar-refractivity contribution in [1.29, 1.82) is 0 Å². The van der Waals surface area contributed by atoms with Crippen molar-refractivity contribution in [2.45, 2.75) is 6.10 Å². The van der Waals surface area contributed by atoms with Gasteiger partial charge in [0.05, 0.1) is 48.8 Å². The van der Waals surface area contributed by atoms with Gasteiger partial charge in [-0.2, -0.15) is 0 Å². The molecule has 2 aliphatic rings. The van der Waals surface area contributed by atoms with Gasteiger partial charge in [0.1, 0.15) is 17.6 Å². The fourth-order valence-corrected chi connectivity index (χ4v) is 4.48.